The van der Waals surface area contributed by atoms with Crippen molar-refractivity contribution in [3.63, 3.8) is 0 Å². The number of allylic oxidation sites excluding steroid dienone is 2. The average Bonchev–Trinajstić information content (AvgIpc) is 2.82. The second-order valence-corrected chi connectivity index (χ2v) is 6.66. The fraction of sp³-hybridized carbons (Fsp3) is 0.176. The number of methoxy groups -OCH3 is 2. The molecule has 0 bridgehead atoms. The van der Waals surface area contributed by atoms with Gasteiger partial charge in [-0.3, -0.25) is 4.55 Å². The maximum absolute atomic E-state index is 12.3. The predicted molar refractivity (Wildman–Crippen MR) is 92.8 cm³/mol. The minimum atomic E-state index is -4.37. The van der Waals surface area contributed by atoms with Crippen molar-refractivity contribution in [3.05, 3.63) is 59.5 Å². The van der Waals surface area contributed by atoms with Crippen LogP contribution in [0.5, 0.6) is 0 Å². The first-order chi connectivity index (χ1) is 12.2. The van der Waals surface area contributed by atoms with Crippen molar-refractivity contribution in [2.45, 2.75) is 11.8 Å². The van der Waals surface area contributed by atoms with Crippen LogP contribution < -0.4 is 4.90 Å². The first-order valence-electron chi connectivity index (χ1n) is 7.34. The Balaban J connectivity index is 2.69. The van der Waals surface area contributed by atoms with Gasteiger partial charge >= 0.3 is 11.9 Å². The van der Waals surface area contributed by atoms with Crippen LogP contribution in [0.4, 0.5) is 5.69 Å². The molecule has 0 aliphatic carbocycles. The maximum atomic E-state index is 12.3. The molecule has 0 amide bonds. The van der Waals surface area contributed by atoms with Gasteiger partial charge in [0.15, 0.2) is 0 Å². The Morgan fingerprint density at radius 2 is 1.73 bits per heavy atom. The molecule has 0 radical (unpaired) electrons. The number of nitrogens with zero attached hydrogens (tertiary/aromatic N) is 1. The van der Waals surface area contributed by atoms with Crippen LogP contribution >= 0.6 is 0 Å². The molecule has 2 rings (SSSR count). The van der Waals surface area contributed by atoms with E-state index in [0.29, 0.717) is 11.3 Å². The van der Waals surface area contributed by atoms with Crippen molar-refractivity contribution < 1.29 is 32.0 Å². The third-order valence-corrected chi connectivity index (χ3v) is 4.46. The zero-order valence-corrected chi connectivity index (χ0v) is 15.1. The van der Waals surface area contributed by atoms with Crippen LogP contribution in [0, 0.1) is 6.92 Å². The zero-order valence-electron chi connectivity index (χ0n) is 14.3. The highest BCUT2D eigenvalue weighted by atomic mass is 32.2. The number of hydrogen-bond acceptors (Lipinski definition) is 7. The number of hydrogen-bond donors (Lipinski definition) is 1. The molecule has 26 heavy (non-hydrogen) atoms. The van der Waals surface area contributed by atoms with Gasteiger partial charge in [-0.2, -0.15) is 8.42 Å². The van der Waals surface area contributed by atoms with Crippen molar-refractivity contribution in [2.75, 3.05) is 19.1 Å². The Labute approximate surface area is 150 Å². The Morgan fingerprint density at radius 1 is 1.08 bits per heavy atom. The van der Waals surface area contributed by atoms with Crippen molar-refractivity contribution in [1.29, 1.82) is 0 Å². The van der Waals surface area contributed by atoms with Crippen molar-refractivity contribution in [3.8, 4) is 0 Å². The van der Waals surface area contributed by atoms with Gasteiger partial charge in [0, 0.05) is 11.9 Å². The molecule has 1 heterocycles. The molecular formula is C17H17NO7S. The molecule has 1 aromatic rings. The highest BCUT2D eigenvalue weighted by Crippen LogP contribution is 2.30. The van der Waals surface area contributed by atoms with E-state index in [0.717, 1.165) is 0 Å². The molecule has 0 saturated heterocycles. The lowest BCUT2D eigenvalue weighted by atomic mass is 10.1. The average molecular weight is 379 g/mol. The summed E-state index contributed by atoms with van der Waals surface area (Å²) in [4.78, 5) is 25.5. The van der Waals surface area contributed by atoms with Crippen LogP contribution in [-0.2, 0) is 29.2 Å². The number of carbonyl (C=O) groups excluding carboxylic acids is 2. The molecule has 0 atom stereocenters. The third-order valence-electron chi connectivity index (χ3n) is 3.61. The van der Waals surface area contributed by atoms with Gasteiger partial charge in [-0.1, -0.05) is 6.08 Å². The molecule has 138 valence electrons. The second kappa shape index (κ2) is 7.54. The number of rotatable bonds is 4. The normalized spacial score (nSPS) is 14.2. The summed E-state index contributed by atoms with van der Waals surface area (Å²) in [5.74, 6) is -1.51. The molecule has 0 aromatic heterocycles. The first kappa shape index (κ1) is 19.4. The topological polar surface area (TPSA) is 110 Å². The molecule has 0 unspecified atom stereocenters. The highest BCUT2D eigenvalue weighted by molar-refractivity contribution is 7.85. The number of carbonyl (C=O) groups is 2. The summed E-state index contributed by atoms with van der Waals surface area (Å²) in [6.07, 6.45) is 6.08. The van der Waals surface area contributed by atoms with Gasteiger partial charge in [0.25, 0.3) is 10.1 Å². The SMILES string of the molecule is COC(=O)C1=C(C(=O)OC)N(c2ccc(S(=O)(=O)O)cc2C)C=CC=C1. The lowest BCUT2D eigenvalue weighted by molar-refractivity contribution is -0.139. The summed E-state index contributed by atoms with van der Waals surface area (Å²) < 4.78 is 41.3. The van der Waals surface area contributed by atoms with E-state index < -0.39 is 22.1 Å². The quantitative estimate of drug-likeness (QED) is 0.622. The summed E-state index contributed by atoms with van der Waals surface area (Å²) in [5, 5.41) is 0. The lowest BCUT2D eigenvalue weighted by Gasteiger charge is -2.24. The van der Waals surface area contributed by atoms with Crippen LogP contribution in [0.2, 0.25) is 0 Å². The summed E-state index contributed by atoms with van der Waals surface area (Å²) in [7, 11) is -2.01. The van der Waals surface area contributed by atoms with Gasteiger partial charge in [0.05, 0.1) is 24.7 Å². The van der Waals surface area contributed by atoms with Gasteiger partial charge in [0.1, 0.15) is 5.70 Å². The minimum Gasteiger partial charge on any atom is -0.465 e. The van der Waals surface area contributed by atoms with E-state index in [-0.39, 0.29) is 16.2 Å². The molecule has 0 fully saturated rings. The standard InChI is InChI=1S/C17H17NO7S/c1-11-10-12(26(21,22)23)7-8-14(11)18-9-5-4-6-13(16(19)24-2)15(18)17(20)25-3/h4-10H,1-3H3,(H,21,22,23). The number of benzene rings is 1. The van der Waals surface area contributed by atoms with Gasteiger partial charge in [-0.25, -0.2) is 9.59 Å². The molecule has 1 N–H and O–H groups in total. The van der Waals surface area contributed by atoms with Crippen LogP contribution in [0.15, 0.2) is 58.8 Å². The second-order valence-electron chi connectivity index (χ2n) is 5.24. The van der Waals surface area contributed by atoms with Crippen molar-refractivity contribution in [2.24, 2.45) is 0 Å². The van der Waals surface area contributed by atoms with Crippen LogP contribution in [0.1, 0.15) is 5.56 Å². The Kier molecular flexibility index (Phi) is 5.63. The maximum Gasteiger partial charge on any atom is 0.355 e. The largest absolute Gasteiger partial charge is 0.465 e. The lowest BCUT2D eigenvalue weighted by Crippen LogP contribution is -2.27. The summed E-state index contributed by atoms with van der Waals surface area (Å²) >= 11 is 0. The molecular weight excluding hydrogens is 362 g/mol. The van der Waals surface area contributed by atoms with Crippen molar-refractivity contribution in [1.82, 2.24) is 0 Å². The molecule has 1 aliphatic heterocycles. The number of esters is 2. The molecule has 1 aromatic carbocycles. The van der Waals surface area contributed by atoms with E-state index in [1.807, 2.05) is 0 Å². The van der Waals surface area contributed by atoms with E-state index in [2.05, 4.69) is 0 Å². The fourth-order valence-electron chi connectivity index (χ4n) is 2.41. The summed E-state index contributed by atoms with van der Waals surface area (Å²) in [6, 6.07) is 3.85. The Morgan fingerprint density at radius 3 is 2.27 bits per heavy atom. The van der Waals surface area contributed by atoms with Crippen molar-refractivity contribution >= 4 is 27.7 Å². The minimum absolute atomic E-state index is 0.0254. The number of aryl methyl sites for hydroxylation is 1. The molecule has 9 heteroatoms. The van der Waals surface area contributed by atoms with Crippen LogP contribution in [-0.4, -0.2) is 39.1 Å². The van der Waals surface area contributed by atoms with E-state index in [4.69, 9.17) is 9.47 Å². The van der Waals surface area contributed by atoms with E-state index in [9.17, 15) is 22.6 Å². The third kappa shape index (κ3) is 3.84. The van der Waals surface area contributed by atoms with Gasteiger partial charge in [-0.15, -0.1) is 0 Å². The summed E-state index contributed by atoms with van der Waals surface area (Å²) in [6.45, 7) is 1.60. The monoisotopic (exact) mass is 379 g/mol. The van der Waals surface area contributed by atoms with E-state index >= 15 is 0 Å². The van der Waals surface area contributed by atoms with Crippen LogP contribution in [0.25, 0.3) is 0 Å². The smallest absolute Gasteiger partial charge is 0.355 e. The van der Waals surface area contributed by atoms with Gasteiger partial charge in [-0.05, 0) is 42.8 Å². The molecule has 8 nitrogen and oxygen atoms in total. The fourth-order valence-corrected chi connectivity index (χ4v) is 2.98. The Bertz CT molecular complexity index is 942. The Hall–Kier alpha value is -2.91. The van der Waals surface area contributed by atoms with E-state index in [1.165, 1.54) is 49.6 Å². The molecule has 1 aliphatic rings. The first-order valence-corrected chi connectivity index (χ1v) is 8.78. The van der Waals surface area contributed by atoms with E-state index in [1.54, 1.807) is 19.1 Å². The predicted octanol–water partition coefficient (Wildman–Crippen LogP) is 1.73. The summed E-state index contributed by atoms with van der Waals surface area (Å²) in [5.41, 5.74) is 0.742. The molecule has 0 saturated carbocycles. The zero-order chi connectivity index (χ0) is 19.5. The number of ether oxygens (including phenoxy) is 2. The van der Waals surface area contributed by atoms with Gasteiger partial charge in [0.2, 0.25) is 0 Å². The van der Waals surface area contributed by atoms with Gasteiger partial charge < -0.3 is 14.4 Å². The number of anilines is 1. The van der Waals surface area contributed by atoms with Crippen LogP contribution in [0.3, 0.4) is 0 Å². The molecule has 0 spiro atoms. The highest BCUT2D eigenvalue weighted by Gasteiger charge is 2.28.